The van der Waals surface area contributed by atoms with E-state index in [1.54, 1.807) is 36.1 Å². The Bertz CT molecular complexity index is 708. The Hall–Kier alpha value is -1.93. The number of rotatable bonds is 5. The maximum absolute atomic E-state index is 11.8. The summed E-state index contributed by atoms with van der Waals surface area (Å²) in [4.78, 5) is 0.229. The predicted octanol–water partition coefficient (Wildman–Crippen LogP) is 0.644. The summed E-state index contributed by atoms with van der Waals surface area (Å²) in [5.74, 6) is 0. The highest BCUT2D eigenvalue weighted by Crippen LogP contribution is 2.20. The van der Waals surface area contributed by atoms with Crippen LogP contribution in [-0.2, 0) is 23.6 Å². The van der Waals surface area contributed by atoms with Crippen molar-refractivity contribution in [1.82, 2.24) is 19.7 Å². The zero-order valence-electron chi connectivity index (χ0n) is 11.6. The van der Waals surface area contributed by atoms with Gasteiger partial charge in [0, 0.05) is 18.9 Å². The zero-order valence-corrected chi connectivity index (χ0v) is 12.4. The Balaban J connectivity index is 2.21. The number of benzene rings is 1. The van der Waals surface area contributed by atoms with Crippen LogP contribution in [-0.4, -0.2) is 30.5 Å². The molecule has 0 fully saturated rings. The van der Waals surface area contributed by atoms with Crippen LogP contribution in [0.2, 0.25) is 0 Å². The minimum absolute atomic E-state index is 0.229. The molecule has 20 heavy (non-hydrogen) atoms. The van der Waals surface area contributed by atoms with Gasteiger partial charge in [0.2, 0.25) is 10.0 Å². The molecule has 0 bridgehead atoms. The first-order valence-electron chi connectivity index (χ1n) is 6.05. The van der Waals surface area contributed by atoms with Crippen LogP contribution in [0.1, 0.15) is 11.3 Å². The molecule has 0 amide bonds. The molecule has 0 saturated heterocycles. The van der Waals surface area contributed by atoms with Gasteiger partial charge in [-0.05, 0) is 31.7 Å². The van der Waals surface area contributed by atoms with Crippen LogP contribution in [0.25, 0.3) is 0 Å². The topological polar surface area (TPSA) is 88.9 Å². The maximum Gasteiger partial charge on any atom is 0.240 e. The monoisotopic (exact) mass is 295 g/mol. The van der Waals surface area contributed by atoms with Gasteiger partial charge < -0.3 is 5.32 Å². The number of nitrogens with one attached hydrogen (secondary N) is 2. The van der Waals surface area contributed by atoms with Crippen molar-refractivity contribution in [3.8, 4) is 0 Å². The summed E-state index contributed by atoms with van der Waals surface area (Å²) in [7, 11) is -0.254. The SMILES string of the molecule is CNS(=O)(=O)c1ccc(C)c(NCc2cn(C)nn2)c1. The molecule has 7 nitrogen and oxygen atoms in total. The molecule has 0 atom stereocenters. The molecule has 1 aromatic heterocycles. The van der Waals surface area contributed by atoms with E-state index in [4.69, 9.17) is 0 Å². The van der Waals surface area contributed by atoms with Gasteiger partial charge in [-0.2, -0.15) is 0 Å². The fourth-order valence-electron chi connectivity index (χ4n) is 1.74. The summed E-state index contributed by atoms with van der Waals surface area (Å²) in [6.07, 6.45) is 1.80. The largest absolute Gasteiger partial charge is 0.379 e. The number of sulfonamides is 1. The van der Waals surface area contributed by atoms with E-state index in [1.165, 1.54) is 7.05 Å². The van der Waals surface area contributed by atoms with Gasteiger partial charge in [0.1, 0.15) is 5.69 Å². The van der Waals surface area contributed by atoms with E-state index in [1.807, 2.05) is 6.92 Å². The van der Waals surface area contributed by atoms with Crippen molar-refractivity contribution in [2.24, 2.45) is 7.05 Å². The van der Waals surface area contributed by atoms with Gasteiger partial charge in [0.15, 0.2) is 0 Å². The van der Waals surface area contributed by atoms with Crippen molar-refractivity contribution in [2.75, 3.05) is 12.4 Å². The van der Waals surface area contributed by atoms with Crippen LogP contribution in [0.15, 0.2) is 29.3 Å². The maximum atomic E-state index is 11.8. The molecule has 2 N–H and O–H groups in total. The molecule has 0 radical (unpaired) electrons. The molecule has 0 spiro atoms. The fraction of sp³-hybridized carbons (Fsp3) is 0.333. The van der Waals surface area contributed by atoms with Crippen LogP contribution < -0.4 is 10.0 Å². The molecule has 0 unspecified atom stereocenters. The zero-order chi connectivity index (χ0) is 14.8. The van der Waals surface area contributed by atoms with Gasteiger partial charge in [-0.3, -0.25) is 4.68 Å². The molecule has 0 aliphatic heterocycles. The molecular formula is C12H17N5O2S. The molecule has 108 valence electrons. The van der Waals surface area contributed by atoms with E-state index in [0.717, 1.165) is 16.9 Å². The number of nitrogens with zero attached hydrogens (tertiary/aromatic N) is 3. The average molecular weight is 295 g/mol. The van der Waals surface area contributed by atoms with Crippen molar-refractivity contribution in [3.63, 3.8) is 0 Å². The number of hydrogen-bond acceptors (Lipinski definition) is 5. The third kappa shape index (κ3) is 3.14. The first-order chi connectivity index (χ1) is 9.42. The summed E-state index contributed by atoms with van der Waals surface area (Å²) in [5.41, 5.74) is 2.50. The Kier molecular flexibility index (Phi) is 4.05. The second-order valence-electron chi connectivity index (χ2n) is 4.42. The Labute approximate surface area is 118 Å². The van der Waals surface area contributed by atoms with E-state index < -0.39 is 10.0 Å². The Morgan fingerprint density at radius 1 is 1.35 bits per heavy atom. The molecule has 0 aliphatic rings. The van der Waals surface area contributed by atoms with Crippen LogP contribution in [0.5, 0.6) is 0 Å². The van der Waals surface area contributed by atoms with E-state index in [0.29, 0.717) is 6.54 Å². The van der Waals surface area contributed by atoms with Gasteiger partial charge in [-0.15, -0.1) is 5.10 Å². The first kappa shape index (κ1) is 14.5. The van der Waals surface area contributed by atoms with E-state index in [-0.39, 0.29) is 4.90 Å². The van der Waals surface area contributed by atoms with Crippen LogP contribution in [0.3, 0.4) is 0 Å². The fourth-order valence-corrected chi connectivity index (χ4v) is 2.49. The molecule has 8 heteroatoms. The highest BCUT2D eigenvalue weighted by Gasteiger charge is 2.12. The minimum atomic E-state index is -3.44. The quantitative estimate of drug-likeness (QED) is 0.845. The molecule has 0 aliphatic carbocycles. The Morgan fingerprint density at radius 3 is 2.70 bits per heavy atom. The lowest BCUT2D eigenvalue weighted by molar-refractivity contribution is 0.588. The smallest absolute Gasteiger partial charge is 0.240 e. The molecule has 1 heterocycles. The Morgan fingerprint density at radius 2 is 2.10 bits per heavy atom. The third-order valence-electron chi connectivity index (χ3n) is 2.90. The molecule has 2 aromatic rings. The summed E-state index contributed by atoms with van der Waals surface area (Å²) in [6, 6.07) is 4.95. The van der Waals surface area contributed by atoms with Gasteiger partial charge in [-0.1, -0.05) is 11.3 Å². The number of anilines is 1. The van der Waals surface area contributed by atoms with Crippen LogP contribution >= 0.6 is 0 Å². The van der Waals surface area contributed by atoms with Crippen molar-refractivity contribution in [3.05, 3.63) is 35.7 Å². The van der Waals surface area contributed by atoms with Crippen molar-refractivity contribution < 1.29 is 8.42 Å². The summed E-state index contributed by atoms with van der Waals surface area (Å²) in [5, 5.41) is 11.0. The third-order valence-corrected chi connectivity index (χ3v) is 4.31. The molecule has 2 rings (SSSR count). The standard InChI is InChI=1S/C12H17N5O2S/c1-9-4-5-11(20(18,19)13-2)6-12(9)14-7-10-8-17(3)16-15-10/h4-6,8,13-14H,7H2,1-3H3. The van der Waals surface area contributed by atoms with Crippen molar-refractivity contribution in [1.29, 1.82) is 0 Å². The van der Waals surface area contributed by atoms with Crippen molar-refractivity contribution >= 4 is 15.7 Å². The lowest BCUT2D eigenvalue weighted by Gasteiger charge is -2.10. The molecular weight excluding hydrogens is 278 g/mol. The average Bonchev–Trinajstić information content (AvgIpc) is 2.83. The minimum Gasteiger partial charge on any atom is -0.379 e. The summed E-state index contributed by atoms with van der Waals surface area (Å²) in [6.45, 7) is 2.40. The number of aromatic nitrogens is 3. The number of aryl methyl sites for hydroxylation is 2. The highest BCUT2D eigenvalue weighted by atomic mass is 32.2. The molecule has 0 saturated carbocycles. The predicted molar refractivity (Wildman–Crippen MR) is 75.8 cm³/mol. The van der Waals surface area contributed by atoms with Gasteiger partial charge >= 0.3 is 0 Å². The second kappa shape index (κ2) is 5.59. The van der Waals surface area contributed by atoms with E-state index in [9.17, 15) is 8.42 Å². The second-order valence-corrected chi connectivity index (χ2v) is 6.31. The normalized spacial score (nSPS) is 11.6. The van der Waals surface area contributed by atoms with E-state index in [2.05, 4.69) is 20.4 Å². The lowest BCUT2D eigenvalue weighted by Crippen LogP contribution is -2.18. The summed E-state index contributed by atoms with van der Waals surface area (Å²) < 4.78 is 27.5. The van der Waals surface area contributed by atoms with Crippen molar-refractivity contribution in [2.45, 2.75) is 18.4 Å². The van der Waals surface area contributed by atoms with Gasteiger partial charge in [0.25, 0.3) is 0 Å². The molecule has 1 aromatic carbocycles. The first-order valence-corrected chi connectivity index (χ1v) is 7.54. The lowest BCUT2D eigenvalue weighted by atomic mass is 10.2. The summed E-state index contributed by atoms with van der Waals surface area (Å²) >= 11 is 0. The number of hydrogen-bond donors (Lipinski definition) is 2. The highest BCUT2D eigenvalue weighted by molar-refractivity contribution is 7.89. The van der Waals surface area contributed by atoms with E-state index >= 15 is 0 Å². The van der Waals surface area contributed by atoms with Crippen LogP contribution in [0, 0.1) is 6.92 Å². The van der Waals surface area contributed by atoms with Crippen LogP contribution in [0.4, 0.5) is 5.69 Å². The van der Waals surface area contributed by atoms with Gasteiger partial charge in [-0.25, -0.2) is 13.1 Å². The van der Waals surface area contributed by atoms with Gasteiger partial charge in [0.05, 0.1) is 11.4 Å².